The quantitative estimate of drug-likeness (QED) is 0.777. The van der Waals surface area contributed by atoms with Crippen molar-refractivity contribution >= 4 is 11.6 Å². The highest BCUT2D eigenvalue weighted by Crippen LogP contribution is 2.26. The lowest BCUT2D eigenvalue weighted by molar-refractivity contribution is 0.374. The summed E-state index contributed by atoms with van der Waals surface area (Å²) in [4.78, 5) is 0. The van der Waals surface area contributed by atoms with Crippen LogP contribution in [0.4, 0.5) is 0 Å². The van der Waals surface area contributed by atoms with E-state index >= 15 is 0 Å². The second-order valence-corrected chi connectivity index (χ2v) is 6.01. The molecule has 0 aromatic heterocycles. The molecule has 2 aromatic rings. The van der Waals surface area contributed by atoms with Crippen LogP contribution in [0.1, 0.15) is 44.0 Å². The summed E-state index contributed by atoms with van der Waals surface area (Å²) in [6, 6.07) is 19.3. The van der Waals surface area contributed by atoms with Crippen molar-refractivity contribution in [2.45, 2.75) is 32.9 Å². The molecule has 0 amide bonds. The fraction of sp³-hybridized carbons (Fsp3) is 0.333. The molecule has 106 valence electrons. The minimum atomic E-state index is 0.292. The zero-order chi connectivity index (χ0) is 14.5. The smallest absolute Gasteiger partial charge is 0.0406 e. The molecule has 1 nitrogen and oxygen atoms in total. The van der Waals surface area contributed by atoms with Crippen molar-refractivity contribution in [2.75, 3.05) is 0 Å². The van der Waals surface area contributed by atoms with Crippen molar-refractivity contribution in [2.24, 2.45) is 5.92 Å². The molecule has 2 heteroatoms. The number of nitrogens with one attached hydrogen (secondary N) is 1. The maximum atomic E-state index is 5.95. The molecule has 0 heterocycles. The normalized spacial score (nSPS) is 14.2. The van der Waals surface area contributed by atoms with Gasteiger partial charge in [0.05, 0.1) is 0 Å². The van der Waals surface area contributed by atoms with E-state index in [-0.39, 0.29) is 0 Å². The number of hydrogen-bond acceptors (Lipinski definition) is 1. The Morgan fingerprint density at radius 2 is 1.40 bits per heavy atom. The van der Waals surface area contributed by atoms with Gasteiger partial charge in [-0.05, 0) is 36.1 Å². The lowest BCUT2D eigenvalue weighted by atomic mass is 9.94. The second kappa shape index (κ2) is 6.92. The van der Waals surface area contributed by atoms with Crippen LogP contribution in [0, 0.1) is 5.92 Å². The lowest BCUT2D eigenvalue weighted by Crippen LogP contribution is -2.28. The molecule has 1 unspecified atom stereocenters. The van der Waals surface area contributed by atoms with Gasteiger partial charge < -0.3 is 5.32 Å². The first kappa shape index (κ1) is 15.1. The Morgan fingerprint density at radius 1 is 0.800 bits per heavy atom. The molecule has 0 aliphatic heterocycles. The molecule has 20 heavy (non-hydrogen) atoms. The molecule has 2 aromatic carbocycles. The Kier molecular flexibility index (Phi) is 5.22. The van der Waals surface area contributed by atoms with Crippen LogP contribution in [-0.4, -0.2) is 0 Å². The molecule has 1 N–H and O–H groups in total. The van der Waals surface area contributed by atoms with Gasteiger partial charge >= 0.3 is 0 Å². The first-order chi connectivity index (χ1) is 9.58. The van der Waals surface area contributed by atoms with Crippen molar-refractivity contribution in [3.8, 4) is 0 Å². The van der Waals surface area contributed by atoms with E-state index in [9.17, 15) is 0 Å². The molecule has 0 saturated heterocycles. The Morgan fingerprint density at radius 3 is 1.95 bits per heavy atom. The van der Waals surface area contributed by atoms with Crippen LogP contribution in [0.15, 0.2) is 54.6 Å². The monoisotopic (exact) mass is 287 g/mol. The molecule has 2 rings (SSSR count). The minimum absolute atomic E-state index is 0.292. The highest BCUT2D eigenvalue weighted by Gasteiger charge is 2.18. The summed E-state index contributed by atoms with van der Waals surface area (Å²) in [6.07, 6.45) is 0. The Balaban J connectivity index is 2.14. The summed E-state index contributed by atoms with van der Waals surface area (Å²) in [6.45, 7) is 6.69. The first-order valence-corrected chi connectivity index (χ1v) is 7.52. The van der Waals surface area contributed by atoms with Gasteiger partial charge in [-0.15, -0.1) is 0 Å². The van der Waals surface area contributed by atoms with Crippen LogP contribution >= 0.6 is 11.6 Å². The maximum Gasteiger partial charge on any atom is 0.0406 e. The summed E-state index contributed by atoms with van der Waals surface area (Å²) in [5, 5.41) is 4.51. The summed E-state index contributed by atoms with van der Waals surface area (Å²) < 4.78 is 0. The summed E-state index contributed by atoms with van der Waals surface area (Å²) >= 11 is 5.95. The number of benzene rings is 2. The van der Waals surface area contributed by atoms with Gasteiger partial charge in [0.15, 0.2) is 0 Å². The third-order valence-corrected chi connectivity index (χ3v) is 3.88. The lowest BCUT2D eigenvalue weighted by Gasteiger charge is -2.27. The van der Waals surface area contributed by atoms with Gasteiger partial charge in [0, 0.05) is 17.1 Å². The fourth-order valence-corrected chi connectivity index (χ4v) is 2.58. The SMILES string of the molecule is CC(C)C(N[C@@H](C)c1ccc(Cl)cc1)c1ccccc1. The number of hydrogen-bond donors (Lipinski definition) is 1. The summed E-state index contributed by atoms with van der Waals surface area (Å²) in [7, 11) is 0. The second-order valence-electron chi connectivity index (χ2n) is 5.57. The van der Waals surface area contributed by atoms with Crippen LogP contribution < -0.4 is 5.32 Å². The minimum Gasteiger partial charge on any atom is -0.303 e. The third kappa shape index (κ3) is 3.84. The zero-order valence-electron chi connectivity index (χ0n) is 12.3. The van der Waals surface area contributed by atoms with E-state index in [1.165, 1.54) is 11.1 Å². The van der Waals surface area contributed by atoms with Crippen LogP contribution in [0.2, 0.25) is 5.02 Å². The highest BCUT2D eigenvalue weighted by atomic mass is 35.5. The number of rotatable bonds is 5. The Labute approximate surface area is 127 Å². The predicted octanol–water partition coefficient (Wildman–Crippen LogP) is 5.39. The Bertz CT molecular complexity index is 519. The highest BCUT2D eigenvalue weighted by molar-refractivity contribution is 6.30. The third-order valence-electron chi connectivity index (χ3n) is 3.62. The van der Waals surface area contributed by atoms with Gasteiger partial charge in [0.2, 0.25) is 0 Å². The molecule has 0 radical (unpaired) electrons. The van der Waals surface area contributed by atoms with E-state index < -0.39 is 0 Å². The topological polar surface area (TPSA) is 12.0 Å². The van der Waals surface area contributed by atoms with Crippen molar-refractivity contribution in [3.63, 3.8) is 0 Å². The van der Waals surface area contributed by atoms with Gasteiger partial charge in [-0.25, -0.2) is 0 Å². The van der Waals surface area contributed by atoms with Gasteiger partial charge in [-0.1, -0.05) is 67.9 Å². The average molecular weight is 288 g/mol. The van der Waals surface area contributed by atoms with E-state index in [1.807, 2.05) is 12.1 Å². The van der Waals surface area contributed by atoms with Gasteiger partial charge in [-0.2, -0.15) is 0 Å². The van der Waals surface area contributed by atoms with Crippen molar-refractivity contribution in [1.29, 1.82) is 0 Å². The van der Waals surface area contributed by atoms with Crippen LogP contribution in [0.3, 0.4) is 0 Å². The molecule has 0 bridgehead atoms. The molecular weight excluding hydrogens is 266 g/mol. The van der Waals surface area contributed by atoms with Crippen LogP contribution in [0.25, 0.3) is 0 Å². The van der Waals surface area contributed by atoms with E-state index in [2.05, 4.69) is 68.6 Å². The van der Waals surface area contributed by atoms with Crippen molar-refractivity contribution in [3.05, 3.63) is 70.7 Å². The predicted molar refractivity (Wildman–Crippen MR) is 87.0 cm³/mol. The average Bonchev–Trinajstić information content (AvgIpc) is 2.46. The maximum absolute atomic E-state index is 5.95. The van der Waals surface area contributed by atoms with Crippen LogP contribution in [0.5, 0.6) is 0 Å². The molecule has 0 aliphatic rings. The van der Waals surface area contributed by atoms with Crippen molar-refractivity contribution in [1.82, 2.24) is 5.32 Å². The molecule has 0 fully saturated rings. The zero-order valence-corrected chi connectivity index (χ0v) is 13.1. The molecule has 0 aliphatic carbocycles. The van der Waals surface area contributed by atoms with E-state index in [1.54, 1.807) is 0 Å². The standard InChI is InChI=1S/C18H22ClN/c1-13(2)18(16-7-5-4-6-8-16)20-14(3)15-9-11-17(19)12-10-15/h4-14,18,20H,1-3H3/t14-,18?/m0/s1. The fourth-order valence-electron chi connectivity index (χ4n) is 2.45. The summed E-state index contributed by atoms with van der Waals surface area (Å²) in [5.74, 6) is 0.534. The molecule has 2 atom stereocenters. The van der Waals surface area contributed by atoms with E-state index in [0.717, 1.165) is 5.02 Å². The van der Waals surface area contributed by atoms with Crippen molar-refractivity contribution < 1.29 is 0 Å². The molecular formula is C18H22ClN. The molecule has 0 spiro atoms. The van der Waals surface area contributed by atoms with E-state index in [4.69, 9.17) is 11.6 Å². The largest absolute Gasteiger partial charge is 0.303 e. The summed E-state index contributed by atoms with van der Waals surface area (Å²) in [5.41, 5.74) is 2.60. The van der Waals surface area contributed by atoms with Crippen LogP contribution in [-0.2, 0) is 0 Å². The van der Waals surface area contributed by atoms with Gasteiger partial charge in [0.25, 0.3) is 0 Å². The van der Waals surface area contributed by atoms with Gasteiger partial charge in [-0.3, -0.25) is 0 Å². The Hall–Kier alpha value is -1.31. The van der Waals surface area contributed by atoms with Gasteiger partial charge in [0.1, 0.15) is 0 Å². The van der Waals surface area contributed by atoms with E-state index in [0.29, 0.717) is 18.0 Å². The number of halogens is 1. The first-order valence-electron chi connectivity index (χ1n) is 7.14. The molecule has 0 saturated carbocycles.